The molecular weight excluding hydrogens is 234 g/mol. The molecule has 1 spiro atoms. The van der Waals surface area contributed by atoms with E-state index in [4.69, 9.17) is 0 Å². The highest BCUT2D eigenvalue weighted by atomic mass is 15.2. The van der Waals surface area contributed by atoms with Gasteiger partial charge in [0.1, 0.15) is 0 Å². The molecule has 0 unspecified atom stereocenters. The fourth-order valence-electron chi connectivity index (χ4n) is 4.06. The number of nitrogens with zero attached hydrogens (tertiary/aromatic N) is 2. The zero-order valence-corrected chi connectivity index (χ0v) is 12.2. The van der Waals surface area contributed by atoms with Crippen LogP contribution in [0.25, 0.3) is 0 Å². The Kier molecular flexibility index (Phi) is 3.92. The van der Waals surface area contributed by atoms with Crippen LogP contribution < -0.4 is 5.32 Å². The summed E-state index contributed by atoms with van der Waals surface area (Å²) < 4.78 is 1.89. The third kappa shape index (κ3) is 3.19. The van der Waals surface area contributed by atoms with Crippen LogP contribution in [-0.4, -0.2) is 22.4 Å². The Bertz CT molecular complexity index is 394. The Hall–Kier alpha value is -0.830. The van der Waals surface area contributed by atoms with Crippen LogP contribution in [0.5, 0.6) is 0 Å². The zero-order chi connectivity index (χ0) is 13.1. The van der Waals surface area contributed by atoms with E-state index in [0.717, 1.165) is 24.4 Å². The maximum atomic E-state index is 4.43. The molecule has 0 aliphatic heterocycles. The first kappa shape index (κ1) is 13.2. The van der Waals surface area contributed by atoms with E-state index in [1.165, 1.54) is 57.1 Å². The molecule has 2 fully saturated rings. The van der Waals surface area contributed by atoms with Crippen LogP contribution in [0, 0.1) is 5.41 Å². The minimum atomic E-state index is 0.759. The van der Waals surface area contributed by atoms with Crippen molar-refractivity contribution >= 4 is 0 Å². The summed E-state index contributed by atoms with van der Waals surface area (Å²) >= 11 is 0. The summed E-state index contributed by atoms with van der Waals surface area (Å²) in [7, 11) is 1.99. The number of rotatable bonds is 4. The topological polar surface area (TPSA) is 29.9 Å². The number of hydrogen-bond donors (Lipinski definition) is 1. The standard InChI is InChI=1S/C16H27N3/c1-19-13-7-15(18-19)6-12-17-14-4-10-16(11-5-14)8-2-3-9-16/h7,13-14,17H,2-6,8-12H2,1H3. The predicted octanol–water partition coefficient (Wildman–Crippen LogP) is 3.06. The van der Waals surface area contributed by atoms with Crippen molar-refractivity contribution in [2.45, 2.75) is 63.8 Å². The van der Waals surface area contributed by atoms with Crippen LogP contribution in [0.3, 0.4) is 0 Å². The van der Waals surface area contributed by atoms with Gasteiger partial charge in [0, 0.05) is 32.3 Å². The van der Waals surface area contributed by atoms with Crippen LogP contribution in [0.4, 0.5) is 0 Å². The van der Waals surface area contributed by atoms with Crippen LogP contribution >= 0.6 is 0 Å². The van der Waals surface area contributed by atoms with Crippen LogP contribution in [0.1, 0.15) is 57.1 Å². The Labute approximate surface area is 116 Å². The predicted molar refractivity (Wildman–Crippen MR) is 78.1 cm³/mol. The molecule has 0 bridgehead atoms. The molecule has 106 valence electrons. The van der Waals surface area contributed by atoms with E-state index in [-0.39, 0.29) is 0 Å². The molecule has 0 amide bonds. The largest absolute Gasteiger partial charge is 0.314 e. The van der Waals surface area contributed by atoms with Gasteiger partial charge < -0.3 is 5.32 Å². The van der Waals surface area contributed by atoms with Crippen molar-refractivity contribution in [3.8, 4) is 0 Å². The fourth-order valence-corrected chi connectivity index (χ4v) is 4.06. The van der Waals surface area contributed by atoms with Crippen molar-refractivity contribution in [2.24, 2.45) is 12.5 Å². The first-order valence-corrected chi connectivity index (χ1v) is 7.98. The third-order valence-electron chi connectivity index (χ3n) is 5.29. The lowest BCUT2D eigenvalue weighted by Crippen LogP contribution is -2.37. The van der Waals surface area contributed by atoms with Gasteiger partial charge in [0.05, 0.1) is 5.69 Å². The SMILES string of the molecule is Cn1ccc(CCNC2CCC3(CCCC3)CC2)n1. The van der Waals surface area contributed by atoms with Gasteiger partial charge in [-0.25, -0.2) is 0 Å². The van der Waals surface area contributed by atoms with Crippen molar-refractivity contribution in [1.29, 1.82) is 0 Å². The molecule has 0 atom stereocenters. The first-order valence-electron chi connectivity index (χ1n) is 7.98. The van der Waals surface area contributed by atoms with Crippen LogP contribution in [-0.2, 0) is 13.5 Å². The van der Waals surface area contributed by atoms with E-state index >= 15 is 0 Å². The summed E-state index contributed by atoms with van der Waals surface area (Å²) in [5, 5.41) is 8.16. The van der Waals surface area contributed by atoms with Crippen molar-refractivity contribution in [1.82, 2.24) is 15.1 Å². The molecule has 3 nitrogen and oxygen atoms in total. The highest BCUT2D eigenvalue weighted by Crippen LogP contribution is 2.48. The molecular formula is C16H27N3. The lowest BCUT2D eigenvalue weighted by atomic mass is 9.71. The third-order valence-corrected chi connectivity index (χ3v) is 5.29. The summed E-state index contributed by atoms with van der Waals surface area (Å²) in [5.74, 6) is 0. The highest BCUT2D eigenvalue weighted by Gasteiger charge is 2.37. The smallest absolute Gasteiger partial charge is 0.0637 e. The summed E-state index contributed by atoms with van der Waals surface area (Å²) in [6.45, 7) is 1.08. The van der Waals surface area contributed by atoms with E-state index in [1.54, 1.807) is 0 Å². The molecule has 2 saturated carbocycles. The normalized spacial score (nSPS) is 23.2. The number of nitrogens with one attached hydrogen (secondary N) is 1. The molecule has 2 aliphatic rings. The maximum Gasteiger partial charge on any atom is 0.0637 e. The molecule has 1 aromatic rings. The molecule has 0 saturated heterocycles. The minimum absolute atomic E-state index is 0.759. The fraction of sp³-hybridized carbons (Fsp3) is 0.812. The van der Waals surface area contributed by atoms with Gasteiger partial charge in [-0.15, -0.1) is 0 Å². The molecule has 2 aliphatic carbocycles. The molecule has 3 rings (SSSR count). The van der Waals surface area contributed by atoms with Gasteiger partial charge >= 0.3 is 0 Å². The Morgan fingerprint density at radius 2 is 2.00 bits per heavy atom. The van der Waals surface area contributed by atoms with Crippen molar-refractivity contribution < 1.29 is 0 Å². The van der Waals surface area contributed by atoms with Crippen molar-refractivity contribution in [2.75, 3.05) is 6.54 Å². The van der Waals surface area contributed by atoms with Crippen LogP contribution in [0.2, 0.25) is 0 Å². The van der Waals surface area contributed by atoms with Gasteiger partial charge in [0.15, 0.2) is 0 Å². The lowest BCUT2D eigenvalue weighted by molar-refractivity contribution is 0.169. The highest BCUT2D eigenvalue weighted by molar-refractivity contribution is 4.99. The summed E-state index contributed by atoms with van der Waals surface area (Å²) in [6.07, 6.45) is 14.8. The number of hydrogen-bond acceptors (Lipinski definition) is 2. The van der Waals surface area contributed by atoms with Gasteiger partial charge in [-0.05, 0) is 50.0 Å². The van der Waals surface area contributed by atoms with E-state index in [1.807, 2.05) is 17.9 Å². The first-order chi connectivity index (χ1) is 9.26. The molecule has 0 aromatic carbocycles. The molecule has 1 heterocycles. The average Bonchev–Trinajstić information content (AvgIpc) is 3.02. The van der Waals surface area contributed by atoms with Crippen LogP contribution in [0.15, 0.2) is 12.3 Å². The van der Waals surface area contributed by atoms with Gasteiger partial charge in [0.2, 0.25) is 0 Å². The van der Waals surface area contributed by atoms with E-state index in [2.05, 4.69) is 16.5 Å². The molecule has 3 heteroatoms. The summed E-state index contributed by atoms with van der Waals surface area (Å²) in [5.41, 5.74) is 1.97. The van der Waals surface area contributed by atoms with Crippen molar-refractivity contribution in [3.05, 3.63) is 18.0 Å². The zero-order valence-electron chi connectivity index (χ0n) is 12.2. The second-order valence-electron chi connectivity index (χ2n) is 6.67. The Morgan fingerprint density at radius 1 is 1.26 bits per heavy atom. The Morgan fingerprint density at radius 3 is 2.63 bits per heavy atom. The van der Waals surface area contributed by atoms with Gasteiger partial charge in [-0.1, -0.05) is 12.8 Å². The maximum absolute atomic E-state index is 4.43. The second-order valence-corrected chi connectivity index (χ2v) is 6.67. The lowest BCUT2D eigenvalue weighted by Gasteiger charge is -2.37. The average molecular weight is 261 g/mol. The number of aromatic nitrogens is 2. The van der Waals surface area contributed by atoms with Gasteiger partial charge in [0.25, 0.3) is 0 Å². The molecule has 0 radical (unpaired) electrons. The number of aryl methyl sites for hydroxylation is 1. The molecule has 1 N–H and O–H groups in total. The van der Waals surface area contributed by atoms with Crippen molar-refractivity contribution in [3.63, 3.8) is 0 Å². The van der Waals surface area contributed by atoms with E-state index in [9.17, 15) is 0 Å². The monoisotopic (exact) mass is 261 g/mol. The molecule has 1 aromatic heterocycles. The van der Waals surface area contributed by atoms with Gasteiger partial charge in [-0.2, -0.15) is 5.10 Å². The summed E-state index contributed by atoms with van der Waals surface area (Å²) in [4.78, 5) is 0. The summed E-state index contributed by atoms with van der Waals surface area (Å²) in [6, 6.07) is 2.88. The van der Waals surface area contributed by atoms with E-state index < -0.39 is 0 Å². The van der Waals surface area contributed by atoms with Gasteiger partial charge in [-0.3, -0.25) is 4.68 Å². The van der Waals surface area contributed by atoms with E-state index in [0.29, 0.717) is 0 Å². The second kappa shape index (κ2) is 5.66. The minimum Gasteiger partial charge on any atom is -0.314 e. The quantitative estimate of drug-likeness (QED) is 0.903. The molecule has 19 heavy (non-hydrogen) atoms. The Balaban J connectivity index is 1.38.